The summed E-state index contributed by atoms with van der Waals surface area (Å²) in [4.78, 5) is 12.5. The molecule has 5 heteroatoms. The van der Waals surface area contributed by atoms with E-state index in [9.17, 15) is 4.79 Å². The highest BCUT2D eigenvalue weighted by Crippen LogP contribution is 2.31. The van der Waals surface area contributed by atoms with Crippen molar-refractivity contribution in [3.63, 3.8) is 0 Å². The lowest BCUT2D eigenvalue weighted by Gasteiger charge is -2.19. The van der Waals surface area contributed by atoms with Gasteiger partial charge in [0.2, 0.25) is 0 Å². The number of carbonyl (C=O) groups excluding carboxylic acids is 1. The van der Waals surface area contributed by atoms with E-state index in [0.29, 0.717) is 23.1 Å². The molecule has 0 aliphatic rings. The van der Waals surface area contributed by atoms with Gasteiger partial charge in [0.25, 0.3) is 5.91 Å². The number of rotatable bonds is 7. The normalized spacial score (nSPS) is 11.8. The number of hydrogen-bond donors (Lipinski definition) is 1. The zero-order valence-corrected chi connectivity index (χ0v) is 16.3. The van der Waals surface area contributed by atoms with Gasteiger partial charge in [-0.05, 0) is 49.1 Å². The third kappa shape index (κ3) is 4.69. The molecule has 0 fully saturated rings. The van der Waals surface area contributed by atoms with Crippen LogP contribution in [0.3, 0.4) is 0 Å². The second-order valence-corrected chi connectivity index (χ2v) is 6.52. The summed E-state index contributed by atoms with van der Waals surface area (Å²) in [6.45, 7) is 7.95. The Morgan fingerprint density at radius 2 is 1.62 bits per heavy atom. The zero-order chi connectivity index (χ0) is 19.3. The van der Waals surface area contributed by atoms with E-state index in [1.807, 2.05) is 19.1 Å². The highest BCUT2D eigenvalue weighted by Gasteiger charge is 2.18. The molecule has 5 nitrogen and oxygen atoms in total. The van der Waals surface area contributed by atoms with Crippen LogP contribution in [0, 0.1) is 6.92 Å². The molecule has 0 aliphatic carbocycles. The van der Waals surface area contributed by atoms with Crippen LogP contribution in [0.1, 0.15) is 37.8 Å². The number of methoxy groups -OCH3 is 2. The van der Waals surface area contributed by atoms with Gasteiger partial charge in [-0.25, -0.2) is 0 Å². The Labute approximate surface area is 155 Å². The first-order valence-corrected chi connectivity index (χ1v) is 8.65. The van der Waals surface area contributed by atoms with Crippen LogP contribution in [0.25, 0.3) is 0 Å². The Kier molecular flexibility index (Phi) is 6.50. The maximum Gasteiger partial charge on any atom is 0.265 e. The fourth-order valence-electron chi connectivity index (χ4n) is 2.62. The molecule has 26 heavy (non-hydrogen) atoms. The van der Waals surface area contributed by atoms with Gasteiger partial charge in [-0.1, -0.05) is 26.0 Å². The van der Waals surface area contributed by atoms with Crippen molar-refractivity contribution in [2.24, 2.45) is 0 Å². The predicted octanol–water partition coefficient (Wildman–Crippen LogP) is 4.54. The van der Waals surface area contributed by atoms with Crippen LogP contribution >= 0.6 is 0 Å². The Hall–Kier alpha value is -2.69. The lowest BCUT2D eigenvalue weighted by Crippen LogP contribution is -2.30. The average Bonchev–Trinajstić information content (AvgIpc) is 2.61. The largest absolute Gasteiger partial charge is 0.493 e. The Morgan fingerprint density at radius 3 is 2.23 bits per heavy atom. The van der Waals surface area contributed by atoms with Crippen molar-refractivity contribution in [1.29, 1.82) is 0 Å². The maximum atomic E-state index is 12.5. The molecule has 0 aromatic heterocycles. The van der Waals surface area contributed by atoms with Crippen LogP contribution in [0.2, 0.25) is 0 Å². The first-order valence-electron chi connectivity index (χ1n) is 8.65. The molecule has 1 amide bonds. The molecule has 0 radical (unpaired) electrons. The van der Waals surface area contributed by atoms with E-state index < -0.39 is 6.10 Å². The van der Waals surface area contributed by atoms with E-state index in [-0.39, 0.29) is 5.91 Å². The number of aryl methyl sites for hydroxylation is 1. The Morgan fingerprint density at radius 1 is 0.923 bits per heavy atom. The topological polar surface area (TPSA) is 56.8 Å². The smallest absolute Gasteiger partial charge is 0.265 e. The van der Waals surface area contributed by atoms with Gasteiger partial charge in [0.15, 0.2) is 17.6 Å². The summed E-state index contributed by atoms with van der Waals surface area (Å²) in [6, 6.07) is 11.3. The van der Waals surface area contributed by atoms with Crippen LogP contribution in [-0.4, -0.2) is 26.2 Å². The molecule has 0 saturated carbocycles. The molecule has 0 bridgehead atoms. The van der Waals surface area contributed by atoms with Crippen molar-refractivity contribution >= 4 is 11.6 Å². The molecule has 0 aliphatic heterocycles. The number of benzene rings is 2. The van der Waals surface area contributed by atoms with Gasteiger partial charge in [0, 0.05) is 11.8 Å². The van der Waals surface area contributed by atoms with Crippen molar-refractivity contribution in [2.45, 2.75) is 39.7 Å². The molecule has 1 N–H and O–H groups in total. The Balaban J connectivity index is 2.12. The lowest BCUT2D eigenvalue weighted by molar-refractivity contribution is -0.122. The summed E-state index contributed by atoms with van der Waals surface area (Å²) in [6.07, 6.45) is -0.637. The standard InChI is InChI=1S/C21H27NO4/c1-13(2)17-9-7-14(3)11-19(17)26-15(4)21(23)22-16-8-10-18(24-5)20(12-16)25-6/h7-13,15H,1-6H3,(H,22,23)/t15-/m0/s1. The molecular formula is C21H27NO4. The molecule has 0 saturated heterocycles. The number of amides is 1. The molecule has 2 aromatic rings. The van der Waals surface area contributed by atoms with E-state index in [4.69, 9.17) is 14.2 Å². The third-order valence-electron chi connectivity index (χ3n) is 4.12. The fourth-order valence-corrected chi connectivity index (χ4v) is 2.62. The molecule has 0 unspecified atom stereocenters. The van der Waals surface area contributed by atoms with Crippen molar-refractivity contribution in [1.82, 2.24) is 0 Å². The summed E-state index contributed by atoms with van der Waals surface area (Å²) < 4.78 is 16.4. The predicted molar refractivity (Wildman–Crippen MR) is 104 cm³/mol. The van der Waals surface area contributed by atoms with Crippen LogP contribution in [0.4, 0.5) is 5.69 Å². The summed E-state index contributed by atoms with van der Waals surface area (Å²) in [5.74, 6) is 1.99. The van der Waals surface area contributed by atoms with E-state index in [2.05, 4.69) is 25.2 Å². The van der Waals surface area contributed by atoms with E-state index in [1.54, 1.807) is 39.3 Å². The first-order chi connectivity index (χ1) is 12.3. The van der Waals surface area contributed by atoms with E-state index in [0.717, 1.165) is 16.9 Å². The van der Waals surface area contributed by atoms with Crippen molar-refractivity contribution in [3.8, 4) is 17.2 Å². The van der Waals surface area contributed by atoms with Gasteiger partial charge < -0.3 is 19.5 Å². The minimum absolute atomic E-state index is 0.228. The maximum absolute atomic E-state index is 12.5. The SMILES string of the molecule is COc1ccc(NC(=O)[C@H](C)Oc2cc(C)ccc2C(C)C)cc1OC. The highest BCUT2D eigenvalue weighted by molar-refractivity contribution is 5.94. The van der Waals surface area contributed by atoms with Gasteiger partial charge in [-0.15, -0.1) is 0 Å². The second-order valence-electron chi connectivity index (χ2n) is 6.52. The average molecular weight is 357 g/mol. The highest BCUT2D eigenvalue weighted by atomic mass is 16.5. The molecular weight excluding hydrogens is 330 g/mol. The van der Waals surface area contributed by atoms with Gasteiger partial charge in [-0.2, -0.15) is 0 Å². The van der Waals surface area contributed by atoms with Crippen LogP contribution < -0.4 is 19.5 Å². The van der Waals surface area contributed by atoms with E-state index in [1.165, 1.54) is 0 Å². The van der Waals surface area contributed by atoms with Crippen LogP contribution in [0.15, 0.2) is 36.4 Å². The van der Waals surface area contributed by atoms with Crippen molar-refractivity contribution in [2.75, 3.05) is 19.5 Å². The van der Waals surface area contributed by atoms with Crippen molar-refractivity contribution < 1.29 is 19.0 Å². The van der Waals surface area contributed by atoms with Crippen LogP contribution in [-0.2, 0) is 4.79 Å². The molecule has 0 spiro atoms. The number of anilines is 1. The molecule has 2 rings (SSSR count). The van der Waals surface area contributed by atoms with Crippen molar-refractivity contribution in [3.05, 3.63) is 47.5 Å². The van der Waals surface area contributed by atoms with Gasteiger partial charge in [-0.3, -0.25) is 4.79 Å². The second kappa shape index (κ2) is 8.61. The third-order valence-corrected chi connectivity index (χ3v) is 4.12. The minimum Gasteiger partial charge on any atom is -0.493 e. The molecule has 140 valence electrons. The zero-order valence-electron chi connectivity index (χ0n) is 16.3. The quantitative estimate of drug-likeness (QED) is 0.790. The summed E-state index contributed by atoms with van der Waals surface area (Å²) in [7, 11) is 3.13. The summed E-state index contributed by atoms with van der Waals surface area (Å²) in [5, 5.41) is 2.85. The molecule has 2 aromatic carbocycles. The summed E-state index contributed by atoms with van der Waals surface area (Å²) >= 11 is 0. The van der Waals surface area contributed by atoms with E-state index >= 15 is 0 Å². The number of hydrogen-bond acceptors (Lipinski definition) is 4. The first kappa shape index (κ1) is 19.6. The minimum atomic E-state index is -0.637. The van der Waals surface area contributed by atoms with Gasteiger partial charge in [0.05, 0.1) is 14.2 Å². The lowest BCUT2D eigenvalue weighted by atomic mass is 10.0. The molecule has 0 heterocycles. The fraction of sp³-hybridized carbons (Fsp3) is 0.381. The van der Waals surface area contributed by atoms with Gasteiger partial charge in [0.1, 0.15) is 5.75 Å². The number of nitrogens with one attached hydrogen (secondary N) is 1. The monoisotopic (exact) mass is 357 g/mol. The van der Waals surface area contributed by atoms with Crippen LogP contribution in [0.5, 0.6) is 17.2 Å². The number of carbonyl (C=O) groups is 1. The van der Waals surface area contributed by atoms with Gasteiger partial charge >= 0.3 is 0 Å². The summed E-state index contributed by atoms with van der Waals surface area (Å²) in [5.41, 5.74) is 2.80. The Bertz CT molecular complexity index is 771. The molecule has 1 atom stereocenters. The number of ether oxygens (including phenoxy) is 3.